The predicted molar refractivity (Wildman–Crippen MR) is 67.3 cm³/mol. The molecule has 16 heavy (non-hydrogen) atoms. The van der Waals surface area contributed by atoms with Gasteiger partial charge in [0.2, 0.25) is 0 Å². The van der Waals surface area contributed by atoms with Gasteiger partial charge in [-0.3, -0.25) is 0 Å². The highest BCUT2D eigenvalue weighted by Gasteiger charge is 1.95. The molecule has 0 radical (unpaired) electrons. The SMILES string of the molecule is Cc1ccc(OCCNc2nccs2)cc1. The van der Waals surface area contributed by atoms with Crippen molar-refractivity contribution in [3.63, 3.8) is 0 Å². The number of rotatable bonds is 5. The van der Waals surface area contributed by atoms with Crippen LogP contribution in [0.15, 0.2) is 35.8 Å². The third-order valence-electron chi connectivity index (χ3n) is 2.10. The van der Waals surface area contributed by atoms with Crippen LogP contribution in [-0.4, -0.2) is 18.1 Å². The smallest absolute Gasteiger partial charge is 0.182 e. The van der Waals surface area contributed by atoms with Crippen molar-refractivity contribution in [2.24, 2.45) is 0 Å². The summed E-state index contributed by atoms with van der Waals surface area (Å²) in [5, 5.41) is 6.07. The van der Waals surface area contributed by atoms with Crippen LogP contribution in [0.1, 0.15) is 5.56 Å². The van der Waals surface area contributed by atoms with Crippen LogP contribution in [0.2, 0.25) is 0 Å². The van der Waals surface area contributed by atoms with Crippen LogP contribution >= 0.6 is 11.3 Å². The normalized spacial score (nSPS) is 10.1. The van der Waals surface area contributed by atoms with Crippen LogP contribution in [0.5, 0.6) is 5.75 Å². The van der Waals surface area contributed by atoms with Crippen molar-refractivity contribution in [3.8, 4) is 5.75 Å². The van der Waals surface area contributed by atoms with Crippen molar-refractivity contribution in [3.05, 3.63) is 41.4 Å². The standard InChI is InChI=1S/C12H14N2OS/c1-10-2-4-11(5-3-10)15-8-6-13-12-14-7-9-16-12/h2-5,7,9H,6,8H2,1H3,(H,13,14). The number of anilines is 1. The lowest BCUT2D eigenvalue weighted by molar-refractivity contribution is 0.333. The first-order valence-electron chi connectivity index (χ1n) is 5.17. The highest BCUT2D eigenvalue weighted by molar-refractivity contribution is 7.13. The molecule has 0 bridgehead atoms. The molecule has 0 spiro atoms. The van der Waals surface area contributed by atoms with Crippen molar-refractivity contribution < 1.29 is 4.74 Å². The molecule has 0 saturated carbocycles. The zero-order valence-corrected chi connectivity index (χ0v) is 9.96. The molecule has 1 heterocycles. The van der Waals surface area contributed by atoms with Gasteiger partial charge in [0.15, 0.2) is 5.13 Å². The van der Waals surface area contributed by atoms with E-state index >= 15 is 0 Å². The zero-order valence-electron chi connectivity index (χ0n) is 9.14. The molecule has 0 aliphatic carbocycles. The zero-order chi connectivity index (χ0) is 11.2. The van der Waals surface area contributed by atoms with E-state index < -0.39 is 0 Å². The number of benzene rings is 1. The van der Waals surface area contributed by atoms with E-state index in [0.29, 0.717) is 6.61 Å². The molecule has 0 aliphatic heterocycles. The predicted octanol–water partition coefficient (Wildman–Crippen LogP) is 2.94. The summed E-state index contributed by atoms with van der Waals surface area (Å²) in [5.41, 5.74) is 1.24. The van der Waals surface area contributed by atoms with Gasteiger partial charge < -0.3 is 10.1 Å². The monoisotopic (exact) mass is 234 g/mol. The Balaban J connectivity index is 1.70. The molecule has 4 heteroatoms. The molecule has 3 nitrogen and oxygen atoms in total. The molecule has 0 aliphatic rings. The number of hydrogen-bond donors (Lipinski definition) is 1. The van der Waals surface area contributed by atoms with Crippen LogP contribution in [0, 0.1) is 6.92 Å². The van der Waals surface area contributed by atoms with Gasteiger partial charge in [0, 0.05) is 11.6 Å². The van der Waals surface area contributed by atoms with Crippen LogP contribution in [0.4, 0.5) is 5.13 Å². The summed E-state index contributed by atoms with van der Waals surface area (Å²) in [6.07, 6.45) is 1.79. The van der Waals surface area contributed by atoms with E-state index in [2.05, 4.69) is 17.2 Å². The van der Waals surface area contributed by atoms with Crippen molar-refractivity contribution in [2.45, 2.75) is 6.92 Å². The maximum Gasteiger partial charge on any atom is 0.182 e. The summed E-state index contributed by atoms with van der Waals surface area (Å²) in [6, 6.07) is 8.06. The Labute approximate surface area is 99.1 Å². The number of thiazole rings is 1. The lowest BCUT2D eigenvalue weighted by atomic mass is 10.2. The highest BCUT2D eigenvalue weighted by atomic mass is 32.1. The Morgan fingerprint density at radius 2 is 2.12 bits per heavy atom. The molecule has 0 unspecified atom stereocenters. The van der Waals surface area contributed by atoms with Crippen LogP contribution in [0.3, 0.4) is 0 Å². The third kappa shape index (κ3) is 3.24. The summed E-state index contributed by atoms with van der Waals surface area (Å²) >= 11 is 1.59. The van der Waals surface area contributed by atoms with Crippen LogP contribution < -0.4 is 10.1 Å². The number of nitrogens with zero attached hydrogens (tertiary/aromatic N) is 1. The second kappa shape index (κ2) is 5.51. The average molecular weight is 234 g/mol. The number of aryl methyl sites for hydroxylation is 1. The first kappa shape index (κ1) is 11.0. The van der Waals surface area contributed by atoms with Gasteiger partial charge in [-0.15, -0.1) is 11.3 Å². The molecule has 0 atom stereocenters. The van der Waals surface area contributed by atoms with Crippen molar-refractivity contribution in [1.29, 1.82) is 0 Å². The van der Waals surface area contributed by atoms with Gasteiger partial charge in [0.05, 0.1) is 6.54 Å². The number of ether oxygens (including phenoxy) is 1. The molecule has 2 aromatic rings. The van der Waals surface area contributed by atoms with E-state index in [1.807, 2.05) is 29.6 Å². The second-order valence-electron chi connectivity index (χ2n) is 3.43. The van der Waals surface area contributed by atoms with E-state index in [1.165, 1.54) is 5.56 Å². The Hall–Kier alpha value is -1.55. The van der Waals surface area contributed by atoms with Gasteiger partial charge >= 0.3 is 0 Å². The fourth-order valence-corrected chi connectivity index (χ4v) is 1.83. The minimum atomic E-state index is 0.642. The molecule has 0 saturated heterocycles. The summed E-state index contributed by atoms with van der Waals surface area (Å²) < 4.78 is 5.57. The Kier molecular flexibility index (Phi) is 3.77. The molecule has 2 rings (SSSR count). The minimum Gasteiger partial charge on any atom is -0.492 e. The molecule has 0 amide bonds. The van der Waals surface area contributed by atoms with E-state index in [0.717, 1.165) is 17.4 Å². The summed E-state index contributed by atoms with van der Waals surface area (Å²) in [6.45, 7) is 3.47. The van der Waals surface area contributed by atoms with Crippen molar-refractivity contribution in [2.75, 3.05) is 18.5 Å². The fraction of sp³-hybridized carbons (Fsp3) is 0.250. The molecule has 1 aromatic carbocycles. The van der Waals surface area contributed by atoms with Gasteiger partial charge in [-0.25, -0.2) is 4.98 Å². The van der Waals surface area contributed by atoms with Gasteiger partial charge in [-0.1, -0.05) is 17.7 Å². The molecule has 1 aromatic heterocycles. The largest absolute Gasteiger partial charge is 0.492 e. The first-order valence-corrected chi connectivity index (χ1v) is 6.05. The van der Waals surface area contributed by atoms with Crippen molar-refractivity contribution >= 4 is 16.5 Å². The lowest BCUT2D eigenvalue weighted by Crippen LogP contribution is -2.11. The summed E-state index contributed by atoms with van der Waals surface area (Å²) in [4.78, 5) is 4.12. The van der Waals surface area contributed by atoms with Gasteiger partial charge in [0.25, 0.3) is 0 Å². The maximum atomic E-state index is 5.57. The topological polar surface area (TPSA) is 34.1 Å². The molecule has 1 N–H and O–H groups in total. The molecule has 84 valence electrons. The molecular formula is C12H14N2OS. The van der Waals surface area contributed by atoms with Crippen LogP contribution in [-0.2, 0) is 0 Å². The van der Waals surface area contributed by atoms with E-state index in [4.69, 9.17) is 4.74 Å². The maximum absolute atomic E-state index is 5.57. The molecule has 0 fully saturated rings. The average Bonchev–Trinajstić information content (AvgIpc) is 2.80. The fourth-order valence-electron chi connectivity index (χ4n) is 1.27. The number of nitrogens with one attached hydrogen (secondary N) is 1. The second-order valence-corrected chi connectivity index (χ2v) is 4.32. The summed E-state index contributed by atoms with van der Waals surface area (Å²) in [5.74, 6) is 0.909. The van der Waals surface area contributed by atoms with E-state index in [9.17, 15) is 0 Å². The van der Waals surface area contributed by atoms with E-state index in [-0.39, 0.29) is 0 Å². The Morgan fingerprint density at radius 3 is 2.81 bits per heavy atom. The van der Waals surface area contributed by atoms with Gasteiger partial charge in [-0.2, -0.15) is 0 Å². The molecular weight excluding hydrogens is 220 g/mol. The van der Waals surface area contributed by atoms with Crippen molar-refractivity contribution in [1.82, 2.24) is 4.98 Å². The van der Waals surface area contributed by atoms with Gasteiger partial charge in [0.1, 0.15) is 12.4 Å². The third-order valence-corrected chi connectivity index (χ3v) is 2.83. The Bertz CT molecular complexity index is 411. The van der Waals surface area contributed by atoms with Gasteiger partial charge in [-0.05, 0) is 19.1 Å². The number of aromatic nitrogens is 1. The summed E-state index contributed by atoms with van der Waals surface area (Å²) in [7, 11) is 0. The lowest BCUT2D eigenvalue weighted by Gasteiger charge is -2.06. The Morgan fingerprint density at radius 1 is 1.31 bits per heavy atom. The highest BCUT2D eigenvalue weighted by Crippen LogP contribution is 2.12. The minimum absolute atomic E-state index is 0.642. The number of hydrogen-bond acceptors (Lipinski definition) is 4. The first-order chi connectivity index (χ1) is 7.84. The quantitative estimate of drug-likeness (QED) is 0.808. The van der Waals surface area contributed by atoms with Crippen LogP contribution in [0.25, 0.3) is 0 Å². The van der Waals surface area contributed by atoms with E-state index in [1.54, 1.807) is 17.5 Å².